The number of aliphatic hydroxyl groups is 1. The summed E-state index contributed by atoms with van der Waals surface area (Å²) in [5.74, 6) is -4.05. The summed E-state index contributed by atoms with van der Waals surface area (Å²) in [6.07, 6.45) is -0.732. The van der Waals surface area contributed by atoms with E-state index < -0.39 is 54.1 Å². The highest BCUT2D eigenvalue weighted by Gasteiger charge is 2.27. The Morgan fingerprint density at radius 3 is 1.73 bits per heavy atom. The number of carbonyl (C=O) groups is 5. The molecule has 1 aromatic rings. The lowest BCUT2D eigenvalue weighted by Crippen LogP contribution is -2.55. The number of ether oxygens (including phenoxy) is 5. The van der Waals surface area contributed by atoms with Crippen molar-refractivity contribution in [2.75, 3.05) is 77.9 Å². The Morgan fingerprint density at radius 1 is 0.735 bits per heavy atom. The van der Waals surface area contributed by atoms with E-state index in [1.54, 1.807) is 12.1 Å². The highest BCUT2D eigenvalue weighted by atomic mass is 16.6. The van der Waals surface area contributed by atoms with Gasteiger partial charge in [-0.3, -0.25) is 24.0 Å². The molecule has 49 heavy (non-hydrogen) atoms. The number of carboxylic acid groups (broad SMARTS) is 1. The van der Waals surface area contributed by atoms with Crippen LogP contribution in [0.2, 0.25) is 0 Å². The van der Waals surface area contributed by atoms with Crippen LogP contribution in [0.25, 0.3) is 10.4 Å². The van der Waals surface area contributed by atoms with Crippen LogP contribution in [0.1, 0.15) is 32.3 Å². The summed E-state index contributed by atoms with van der Waals surface area (Å²) >= 11 is 0. The Hall–Kier alpha value is -4.36. The zero-order chi connectivity index (χ0) is 36.3. The number of benzene rings is 1. The fraction of sp³-hybridized carbons (Fsp3) is 0.633. The number of carboxylic acids is 1. The number of anilines is 1. The Balaban J connectivity index is 2.20. The Morgan fingerprint density at radius 2 is 1.22 bits per heavy atom. The van der Waals surface area contributed by atoms with Crippen LogP contribution < -0.4 is 21.3 Å². The summed E-state index contributed by atoms with van der Waals surface area (Å²) in [5, 5.41) is 31.5. The molecule has 274 valence electrons. The number of azide groups is 1. The van der Waals surface area contributed by atoms with Crippen molar-refractivity contribution in [2.45, 2.75) is 51.4 Å². The predicted molar refractivity (Wildman–Crippen MR) is 173 cm³/mol. The van der Waals surface area contributed by atoms with Crippen molar-refractivity contribution in [3.8, 4) is 0 Å². The molecule has 0 heterocycles. The third-order valence-corrected chi connectivity index (χ3v) is 6.30. The zero-order valence-electron chi connectivity index (χ0n) is 27.8. The molecule has 1 aromatic carbocycles. The first kappa shape index (κ1) is 42.7. The fourth-order valence-electron chi connectivity index (χ4n) is 3.68. The molecule has 0 radical (unpaired) electrons. The van der Waals surface area contributed by atoms with Gasteiger partial charge >= 0.3 is 5.97 Å². The van der Waals surface area contributed by atoms with Gasteiger partial charge < -0.3 is 55.2 Å². The summed E-state index contributed by atoms with van der Waals surface area (Å²) in [7, 11) is 0. The highest BCUT2D eigenvalue weighted by molar-refractivity contribution is 6.00. The van der Waals surface area contributed by atoms with E-state index in [4.69, 9.17) is 34.3 Å². The van der Waals surface area contributed by atoms with Gasteiger partial charge in [0.25, 0.3) is 0 Å². The summed E-state index contributed by atoms with van der Waals surface area (Å²) < 4.78 is 26.6. The van der Waals surface area contributed by atoms with Crippen molar-refractivity contribution in [2.24, 2.45) is 5.11 Å². The SMILES string of the molecule is C[C@H](NC(=O)CCOCCOCCOCCOCCOCCN=[N+]=[N-])C(=O)N[C@@H](C)C(=O)N[C@@H](CC(=O)O)C(=O)Nc1ccc(CO)cc1. The third kappa shape index (κ3) is 21.3. The van der Waals surface area contributed by atoms with E-state index in [2.05, 4.69) is 31.3 Å². The van der Waals surface area contributed by atoms with Gasteiger partial charge in [-0.25, -0.2) is 0 Å². The van der Waals surface area contributed by atoms with E-state index >= 15 is 0 Å². The number of amides is 4. The molecule has 19 nitrogen and oxygen atoms in total. The minimum atomic E-state index is -1.44. The number of aliphatic carboxylic acids is 1. The van der Waals surface area contributed by atoms with E-state index in [0.717, 1.165) is 0 Å². The maximum absolute atomic E-state index is 12.7. The second-order valence-electron chi connectivity index (χ2n) is 10.3. The zero-order valence-corrected chi connectivity index (χ0v) is 27.8. The number of nitrogens with zero attached hydrogens (tertiary/aromatic N) is 3. The van der Waals surface area contributed by atoms with Gasteiger partial charge in [0.2, 0.25) is 23.6 Å². The van der Waals surface area contributed by atoms with Crippen LogP contribution in [-0.2, 0) is 54.3 Å². The van der Waals surface area contributed by atoms with Gasteiger partial charge in [-0.1, -0.05) is 17.2 Å². The van der Waals surface area contributed by atoms with E-state index in [0.29, 0.717) is 64.1 Å². The molecule has 0 aliphatic heterocycles. The molecule has 0 fully saturated rings. The van der Waals surface area contributed by atoms with Crippen LogP contribution in [0, 0.1) is 0 Å². The normalized spacial score (nSPS) is 12.6. The summed E-state index contributed by atoms with van der Waals surface area (Å²) in [4.78, 5) is 64.0. The maximum atomic E-state index is 12.7. The third-order valence-electron chi connectivity index (χ3n) is 6.30. The molecule has 6 N–H and O–H groups in total. The largest absolute Gasteiger partial charge is 0.481 e. The van der Waals surface area contributed by atoms with Crippen LogP contribution in [-0.4, -0.2) is 131 Å². The minimum absolute atomic E-state index is 0.0235. The minimum Gasteiger partial charge on any atom is -0.481 e. The summed E-state index contributed by atoms with van der Waals surface area (Å²) in [6.45, 7) is 6.15. The standard InChI is InChI=1S/C30H47N7O12/c1-21(33-26(39)7-9-45-11-13-47-15-17-49-18-16-48-14-12-46-10-8-32-37-31)28(42)34-22(2)29(43)36-25(19-27(40)41)30(44)35-24-5-3-23(20-38)4-6-24/h3-6,21-22,25,38H,7-20H2,1-2H3,(H,33,39)(H,34,42)(H,35,44)(H,36,43)(H,40,41)/t21-,22-,25-/m0/s1. The van der Waals surface area contributed by atoms with Crippen LogP contribution in [0.3, 0.4) is 0 Å². The molecule has 0 aromatic heterocycles. The van der Waals surface area contributed by atoms with Crippen LogP contribution in [0.5, 0.6) is 0 Å². The number of carbonyl (C=O) groups excluding carboxylic acids is 4. The monoisotopic (exact) mass is 697 g/mol. The molecule has 4 amide bonds. The maximum Gasteiger partial charge on any atom is 0.305 e. The fourth-order valence-corrected chi connectivity index (χ4v) is 3.68. The van der Waals surface area contributed by atoms with Crippen molar-refractivity contribution < 1.29 is 57.9 Å². The Bertz CT molecular complexity index is 1200. The van der Waals surface area contributed by atoms with Crippen LogP contribution >= 0.6 is 0 Å². The summed E-state index contributed by atoms with van der Waals surface area (Å²) in [5.41, 5.74) is 9.08. The molecule has 0 aliphatic carbocycles. The molecule has 0 spiro atoms. The molecule has 0 bridgehead atoms. The van der Waals surface area contributed by atoms with Crippen LogP contribution in [0.15, 0.2) is 29.4 Å². The van der Waals surface area contributed by atoms with Crippen molar-refractivity contribution in [3.63, 3.8) is 0 Å². The number of rotatable bonds is 28. The highest BCUT2D eigenvalue weighted by Crippen LogP contribution is 2.11. The first-order valence-electron chi connectivity index (χ1n) is 15.6. The number of aliphatic hydroxyl groups excluding tert-OH is 1. The van der Waals surface area contributed by atoms with Crippen molar-refractivity contribution >= 4 is 35.3 Å². The van der Waals surface area contributed by atoms with E-state index in [1.165, 1.54) is 26.0 Å². The van der Waals surface area contributed by atoms with Crippen molar-refractivity contribution in [1.82, 2.24) is 16.0 Å². The number of nitrogens with one attached hydrogen (secondary N) is 4. The molecule has 0 aliphatic rings. The molecule has 1 rings (SSSR count). The summed E-state index contributed by atoms with van der Waals surface area (Å²) in [6, 6.07) is 2.57. The topological polar surface area (TPSA) is 269 Å². The number of hydrogen-bond donors (Lipinski definition) is 6. The average Bonchev–Trinajstić information content (AvgIpc) is 3.07. The molecule has 0 unspecified atom stereocenters. The molecular formula is C30H47N7O12. The van der Waals surface area contributed by atoms with Gasteiger partial charge in [0.1, 0.15) is 18.1 Å². The first-order valence-corrected chi connectivity index (χ1v) is 15.6. The van der Waals surface area contributed by atoms with Gasteiger partial charge in [-0.05, 0) is 37.1 Å². The Labute approximate surface area is 283 Å². The molecular weight excluding hydrogens is 650 g/mol. The van der Waals surface area contributed by atoms with Crippen molar-refractivity contribution in [1.29, 1.82) is 0 Å². The molecule has 19 heteroatoms. The average molecular weight is 698 g/mol. The smallest absolute Gasteiger partial charge is 0.305 e. The van der Waals surface area contributed by atoms with Crippen LogP contribution in [0.4, 0.5) is 5.69 Å². The van der Waals surface area contributed by atoms with Gasteiger partial charge in [0.15, 0.2) is 0 Å². The lowest BCUT2D eigenvalue weighted by molar-refractivity contribution is -0.140. The van der Waals surface area contributed by atoms with Crippen molar-refractivity contribution in [3.05, 3.63) is 40.3 Å². The quantitative estimate of drug-likeness (QED) is 0.0289. The number of hydrogen-bond acceptors (Lipinski definition) is 12. The van der Waals surface area contributed by atoms with Gasteiger partial charge in [0.05, 0.1) is 79.1 Å². The van der Waals surface area contributed by atoms with E-state index in [-0.39, 0.29) is 32.8 Å². The molecule has 3 atom stereocenters. The predicted octanol–water partition coefficient (Wildman–Crippen LogP) is -0.130. The Kier molecular flexibility index (Phi) is 23.1. The first-order chi connectivity index (χ1) is 23.6. The van der Waals surface area contributed by atoms with Gasteiger partial charge in [0, 0.05) is 23.6 Å². The second kappa shape index (κ2) is 26.6. The van der Waals surface area contributed by atoms with Gasteiger partial charge in [-0.2, -0.15) is 0 Å². The molecule has 0 saturated heterocycles. The lowest BCUT2D eigenvalue weighted by atomic mass is 10.1. The lowest BCUT2D eigenvalue weighted by Gasteiger charge is -2.21. The van der Waals surface area contributed by atoms with E-state index in [9.17, 15) is 29.1 Å². The van der Waals surface area contributed by atoms with Gasteiger partial charge in [-0.15, -0.1) is 0 Å². The molecule has 0 saturated carbocycles. The van der Waals surface area contributed by atoms with E-state index in [1.807, 2.05) is 0 Å². The second-order valence-corrected chi connectivity index (χ2v) is 10.3.